The van der Waals surface area contributed by atoms with Gasteiger partial charge in [0.05, 0.1) is 14.2 Å². The Morgan fingerprint density at radius 2 is 1.96 bits per heavy atom. The molecule has 2 N–H and O–H groups in total. The zero-order chi connectivity index (χ0) is 19.0. The molecule has 0 bridgehead atoms. The molecule has 5 nitrogen and oxygen atoms in total. The second kappa shape index (κ2) is 8.64. The molecule has 7 heteroatoms. The quantitative estimate of drug-likeness (QED) is 0.841. The predicted molar refractivity (Wildman–Crippen MR) is 109 cm³/mol. The Balaban J connectivity index is 0.00000225. The fourth-order valence-corrected chi connectivity index (χ4v) is 4.48. The van der Waals surface area contributed by atoms with Gasteiger partial charge in [0.1, 0.15) is 6.67 Å². The van der Waals surface area contributed by atoms with Crippen LogP contribution in [0.4, 0.5) is 4.39 Å². The van der Waals surface area contributed by atoms with Crippen LogP contribution in [0, 0.1) is 0 Å². The molecule has 0 spiro atoms. The normalized spacial score (nSPS) is 23.9. The maximum atomic E-state index is 13.0. The van der Waals surface area contributed by atoms with Crippen LogP contribution in [0.2, 0.25) is 0 Å². The second-order valence-electron chi connectivity index (χ2n) is 7.40. The molecule has 0 saturated carbocycles. The number of methoxy groups -OCH3 is 2. The van der Waals surface area contributed by atoms with Crippen LogP contribution in [0.25, 0.3) is 0 Å². The summed E-state index contributed by atoms with van der Waals surface area (Å²) in [4.78, 5) is 6.96. The van der Waals surface area contributed by atoms with Crippen molar-refractivity contribution in [3.05, 3.63) is 52.8 Å². The van der Waals surface area contributed by atoms with Crippen LogP contribution in [-0.2, 0) is 13.1 Å². The first-order valence-electron chi connectivity index (χ1n) is 9.39. The summed E-state index contributed by atoms with van der Waals surface area (Å²) in [5, 5.41) is 0. The van der Waals surface area contributed by atoms with Gasteiger partial charge in [-0.05, 0) is 53.8 Å². The number of piperidine rings is 1. The molecule has 0 aliphatic carbocycles. The molecule has 2 aliphatic heterocycles. The number of hydrogen-bond acceptors (Lipinski definition) is 5. The van der Waals surface area contributed by atoms with Crippen molar-refractivity contribution < 1.29 is 13.9 Å². The van der Waals surface area contributed by atoms with Crippen molar-refractivity contribution in [1.82, 2.24) is 9.88 Å². The van der Waals surface area contributed by atoms with Gasteiger partial charge < -0.3 is 15.2 Å². The summed E-state index contributed by atoms with van der Waals surface area (Å²) in [7, 11) is 3.33. The Kier molecular flexibility index (Phi) is 6.43. The third-order valence-corrected chi connectivity index (χ3v) is 5.94. The van der Waals surface area contributed by atoms with Crippen LogP contribution in [0.3, 0.4) is 0 Å². The number of fused-ring (bicyclic) bond motifs is 3. The van der Waals surface area contributed by atoms with E-state index in [4.69, 9.17) is 15.2 Å². The lowest BCUT2D eigenvalue weighted by atomic mass is 9.79. The van der Waals surface area contributed by atoms with E-state index in [1.807, 2.05) is 6.07 Å². The average molecular weight is 408 g/mol. The molecular formula is C21H27ClFN3O2. The molecule has 0 radical (unpaired) electrons. The van der Waals surface area contributed by atoms with Crippen LogP contribution >= 0.6 is 12.4 Å². The fraction of sp³-hybridized carbons (Fsp3) is 0.476. The van der Waals surface area contributed by atoms with Crippen LogP contribution in [-0.4, -0.2) is 43.2 Å². The minimum Gasteiger partial charge on any atom is -0.493 e. The highest BCUT2D eigenvalue weighted by Gasteiger charge is 2.39. The van der Waals surface area contributed by atoms with Crippen LogP contribution < -0.4 is 15.2 Å². The first kappa shape index (κ1) is 20.8. The maximum Gasteiger partial charge on any atom is 0.161 e. The Bertz CT molecular complexity index is 835. The summed E-state index contributed by atoms with van der Waals surface area (Å²) < 4.78 is 24.0. The van der Waals surface area contributed by atoms with E-state index in [2.05, 4.69) is 22.0 Å². The Labute approximate surface area is 171 Å². The molecule has 28 heavy (non-hydrogen) atoms. The first-order valence-corrected chi connectivity index (χ1v) is 9.39. The first-order chi connectivity index (χ1) is 13.1. The number of nitrogens with two attached hydrogens (primary N) is 1. The van der Waals surface area contributed by atoms with Crippen LogP contribution in [0.15, 0.2) is 30.5 Å². The zero-order valence-corrected chi connectivity index (χ0v) is 17.0. The van der Waals surface area contributed by atoms with E-state index in [1.54, 1.807) is 26.5 Å². The summed E-state index contributed by atoms with van der Waals surface area (Å²) in [6.07, 6.45) is 3.49. The molecule has 0 amide bonds. The van der Waals surface area contributed by atoms with Crippen molar-refractivity contribution in [3.8, 4) is 11.5 Å². The number of nitrogens with zero attached hydrogens (tertiary/aromatic N) is 2. The lowest BCUT2D eigenvalue weighted by Gasteiger charge is -2.46. The number of rotatable bonds is 4. The SMILES string of the molecule is COc1cc2c(cc1OC)C1C[C@H](N)[C@@H](c3cc(CF)ccn3)CN1CC2.Cl. The van der Waals surface area contributed by atoms with E-state index in [0.29, 0.717) is 5.56 Å². The van der Waals surface area contributed by atoms with Gasteiger partial charge in [0.15, 0.2) is 11.5 Å². The molecular weight excluding hydrogens is 381 g/mol. The minimum atomic E-state index is -0.473. The Morgan fingerprint density at radius 3 is 2.68 bits per heavy atom. The second-order valence-corrected chi connectivity index (χ2v) is 7.40. The largest absolute Gasteiger partial charge is 0.493 e. The van der Waals surface area contributed by atoms with Crippen molar-refractivity contribution in [2.45, 2.75) is 37.5 Å². The molecule has 2 aromatic rings. The van der Waals surface area contributed by atoms with Crippen LogP contribution in [0.5, 0.6) is 11.5 Å². The standard InChI is InChI=1S/C21H26FN3O2.ClH/c1-26-20-8-14-4-6-25-12-16(18-7-13(11-22)3-5-24-18)17(23)10-19(25)15(14)9-21(20)27-2;/h3,5,7-9,16-17,19H,4,6,10-12,23H2,1-2H3;1H/t16-,17-,19?;/m0./s1. The van der Waals surface area contributed by atoms with Gasteiger partial charge in [0.2, 0.25) is 0 Å². The van der Waals surface area contributed by atoms with E-state index in [1.165, 1.54) is 11.1 Å². The smallest absolute Gasteiger partial charge is 0.161 e. The molecule has 1 saturated heterocycles. The van der Waals surface area contributed by atoms with Gasteiger partial charge >= 0.3 is 0 Å². The minimum absolute atomic E-state index is 0. The molecule has 3 atom stereocenters. The lowest BCUT2D eigenvalue weighted by Crippen LogP contribution is -2.50. The van der Waals surface area contributed by atoms with Gasteiger partial charge in [0.25, 0.3) is 0 Å². The molecule has 1 aromatic heterocycles. The van der Waals surface area contributed by atoms with E-state index >= 15 is 0 Å². The maximum absolute atomic E-state index is 13.0. The highest BCUT2D eigenvalue weighted by atomic mass is 35.5. The molecule has 3 heterocycles. The van der Waals surface area contributed by atoms with Gasteiger partial charge in [-0.3, -0.25) is 9.88 Å². The lowest BCUT2D eigenvalue weighted by molar-refractivity contribution is 0.108. The third kappa shape index (κ3) is 3.69. The number of aromatic nitrogens is 1. The number of alkyl halides is 1. The molecule has 4 rings (SSSR count). The van der Waals surface area contributed by atoms with E-state index in [9.17, 15) is 4.39 Å². The highest BCUT2D eigenvalue weighted by Crippen LogP contribution is 2.43. The van der Waals surface area contributed by atoms with Gasteiger partial charge in [0, 0.05) is 43.0 Å². The summed E-state index contributed by atoms with van der Waals surface area (Å²) in [6.45, 7) is 1.33. The number of pyridine rings is 1. The van der Waals surface area contributed by atoms with Crippen molar-refractivity contribution in [2.24, 2.45) is 5.73 Å². The predicted octanol–water partition coefficient (Wildman–Crippen LogP) is 3.40. The van der Waals surface area contributed by atoms with Crippen molar-refractivity contribution in [1.29, 1.82) is 0 Å². The average Bonchev–Trinajstić information content (AvgIpc) is 2.72. The van der Waals surface area contributed by atoms with Gasteiger partial charge in [-0.2, -0.15) is 0 Å². The summed E-state index contributed by atoms with van der Waals surface area (Å²) in [5.74, 6) is 1.65. The summed E-state index contributed by atoms with van der Waals surface area (Å²) in [5.41, 5.74) is 10.7. The molecule has 152 valence electrons. The fourth-order valence-electron chi connectivity index (χ4n) is 4.48. The summed E-state index contributed by atoms with van der Waals surface area (Å²) >= 11 is 0. The van der Waals surface area contributed by atoms with E-state index in [-0.39, 0.29) is 30.4 Å². The van der Waals surface area contributed by atoms with Crippen molar-refractivity contribution in [2.75, 3.05) is 27.3 Å². The Morgan fingerprint density at radius 1 is 1.21 bits per heavy atom. The van der Waals surface area contributed by atoms with Gasteiger partial charge in [-0.1, -0.05) is 0 Å². The Hall–Kier alpha value is -1.89. The number of benzene rings is 1. The van der Waals surface area contributed by atoms with E-state index in [0.717, 1.165) is 43.1 Å². The number of hydrogen-bond donors (Lipinski definition) is 1. The molecule has 1 fully saturated rings. The topological polar surface area (TPSA) is 60.6 Å². The molecule has 2 aliphatic rings. The van der Waals surface area contributed by atoms with Crippen molar-refractivity contribution >= 4 is 12.4 Å². The van der Waals surface area contributed by atoms with Gasteiger partial charge in [-0.25, -0.2) is 4.39 Å². The van der Waals surface area contributed by atoms with Crippen LogP contribution in [0.1, 0.15) is 40.8 Å². The zero-order valence-electron chi connectivity index (χ0n) is 16.2. The van der Waals surface area contributed by atoms with E-state index < -0.39 is 6.67 Å². The molecule has 1 aromatic carbocycles. The third-order valence-electron chi connectivity index (χ3n) is 5.94. The highest BCUT2D eigenvalue weighted by molar-refractivity contribution is 5.85. The monoisotopic (exact) mass is 407 g/mol. The van der Waals surface area contributed by atoms with Crippen molar-refractivity contribution in [3.63, 3.8) is 0 Å². The number of halogens is 2. The molecule has 1 unspecified atom stereocenters. The summed E-state index contributed by atoms with van der Waals surface area (Å²) in [6, 6.07) is 8.01. The number of ether oxygens (including phenoxy) is 2. The van der Waals surface area contributed by atoms with Gasteiger partial charge in [-0.15, -0.1) is 12.4 Å².